The first-order valence-electron chi connectivity index (χ1n) is 4.63. The molecule has 1 fully saturated rings. The van der Waals surface area contributed by atoms with Crippen LogP contribution >= 0.6 is 0 Å². The molecule has 0 amide bonds. The Balaban J connectivity index is 2.20. The first kappa shape index (κ1) is 7.15. The molecule has 2 rings (SSSR count). The first-order valence-corrected chi connectivity index (χ1v) is 4.63. The summed E-state index contributed by atoms with van der Waals surface area (Å²) in [6.07, 6.45) is 11.0. The SMILES string of the molecule is CC(C)C1(C2=CCC=C2)CC1. The van der Waals surface area contributed by atoms with Gasteiger partial charge in [0.2, 0.25) is 0 Å². The summed E-state index contributed by atoms with van der Waals surface area (Å²) < 4.78 is 0. The minimum absolute atomic E-state index is 0.604. The average Bonchev–Trinajstić information content (AvgIpc) is 2.61. The fourth-order valence-electron chi connectivity index (χ4n) is 2.16. The zero-order valence-electron chi connectivity index (χ0n) is 7.43. The smallest absolute Gasteiger partial charge is 0.00265 e. The number of allylic oxidation sites excluding steroid dienone is 4. The molecule has 0 nitrogen and oxygen atoms in total. The lowest BCUT2D eigenvalue weighted by atomic mass is 9.85. The van der Waals surface area contributed by atoms with Gasteiger partial charge in [-0.1, -0.05) is 32.1 Å². The second kappa shape index (κ2) is 2.23. The van der Waals surface area contributed by atoms with Gasteiger partial charge in [-0.3, -0.25) is 0 Å². The summed E-state index contributed by atoms with van der Waals surface area (Å²) in [5, 5.41) is 0. The molecule has 0 atom stereocenters. The van der Waals surface area contributed by atoms with Crippen LogP contribution in [0.1, 0.15) is 33.1 Å². The molecule has 0 saturated heterocycles. The molecule has 0 heteroatoms. The van der Waals surface area contributed by atoms with E-state index in [2.05, 4.69) is 32.1 Å². The molecule has 2 aliphatic carbocycles. The second-order valence-corrected chi connectivity index (χ2v) is 4.11. The molecular weight excluding hydrogens is 132 g/mol. The molecule has 0 aromatic heterocycles. The number of hydrogen-bond acceptors (Lipinski definition) is 0. The summed E-state index contributed by atoms with van der Waals surface area (Å²) in [6.45, 7) is 4.69. The quantitative estimate of drug-likeness (QED) is 0.563. The normalized spacial score (nSPS) is 25.9. The van der Waals surface area contributed by atoms with Crippen molar-refractivity contribution in [3.05, 3.63) is 23.8 Å². The highest BCUT2D eigenvalue weighted by atomic mass is 14.5. The molecule has 0 radical (unpaired) electrons. The lowest BCUT2D eigenvalue weighted by Crippen LogP contribution is -2.10. The topological polar surface area (TPSA) is 0 Å². The van der Waals surface area contributed by atoms with Crippen LogP contribution in [0.2, 0.25) is 0 Å². The minimum Gasteiger partial charge on any atom is -0.0804 e. The molecule has 0 N–H and O–H groups in total. The van der Waals surface area contributed by atoms with Gasteiger partial charge in [0, 0.05) is 0 Å². The van der Waals surface area contributed by atoms with Gasteiger partial charge in [-0.2, -0.15) is 0 Å². The van der Waals surface area contributed by atoms with Gasteiger partial charge in [0.25, 0.3) is 0 Å². The van der Waals surface area contributed by atoms with E-state index < -0.39 is 0 Å². The molecule has 11 heavy (non-hydrogen) atoms. The maximum absolute atomic E-state index is 2.40. The third-order valence-corrected chi connectivity index (χ3v) is 3.24. The van der Waals surface area contributed by atoms with Crippen molar-refractivity contribution in [2.45, 2.75) is 33.1 Å². The molecule has 0 bridgehead atoms. The summed E-state index contributed by atoms with van der Waals surface area (Å²) in [6, 6.07) is 0. The zero-order valence-corrected chi connectivity index (χ0v) is 7.43. The molecule has 0 aromatic carbocycles. The molecule has 0 spiro atoms. The van der Waals surface area contributed by atoms with Gasteiger partial charge in [-0.15, -0.1) is 0 Å². The standard InChI is InChI=1S/C11H16/c1-9(2)11(7-8-11)10-5-3-4-6-10/h3,5-6,9H,4,7-8H2,1-2H3. The molecular formula is C11H16. The van der Waals surface area contributed by atoms with E-state index in [1.807, 2.05) is 0 Å². The Morgan fingerprint density at radius 2 is 2.09 bits per heavy atom. The van der Waals surface area contributed by atoms with Crippen LogP contribution in [-0.2, 0) is 0 Å². The number of rotatable bonds is 2. The van der Waals surface area contributed by atoms with Gasteiger partial charge in [0.15, 0.2) is 0 Å². The summed E-state index contributed by atoms with van der Waals surface area (Å²) in [5.74, 6) is 0.830. The van der Waals surface area contributed by atoms with E-state index in [0.717, 1.165) is 5.92 Å². The largest absolute Gasteiger partial charge is 0.0804 e. The van der Waals surface area contributed by atoms with E-state index in [4.69, 9.17) is 0 Å². The highest BCUT2D eigenvalue weighted by Gasteiger charge is 2.47. The van der Waals surface area contributed by atoms with E-state index in [1.165, 1.54) is 19.3 Å². The molecule has 60 valence electrons. The molecule has 0 unspecified atom stereocenters. The van der Waals surface area contributed by atoms with Crippen LogP contribution < -0.4 is 0 Å². The Morgan fingerprint density at radius 1 is 1.36 bits per heavy atom. The van der Waals surface area contributed by atoms with Gasteiger partial charge in [-0.05, 0) is 36.2 Å². The third-order valence-electron chi connectivity index (χ3n) is 3.24. The Hall–Kier alpha value is -0.520. The lowest BCUT2D eigenvalue weighted by molar-refractivity contribution is 0.431. The Morgan fingerprint density at radius 3 is 2.45 bits per heavy atom. The Kier molecular flexibility index (Phi) is 1.45. The third kappa shape index (κ3) is 0.962. The maximum atomic E-state index is 2.40. The predicted octanol–water partition coefficient (Wildman–Crippen LogP) is 3.31. The summed E-state index contributed by atoms with van der Waals surface area (Å²) in [7, 11) is 0. The molecule has 0 aliphatic heterocycles. The minimum atomic E-state index is 0.604. The van der Waals surface area contributed by atoms with Crippen molar-refractivity contribution in [3.63, 3.8) is 0 Å². The molecule has 1 saturated carbocycles. The lowest BCUT2D eigenvalue weighted by Gasteiger charge is -2.19. The van der Waals surface area contributed by atoms with Crippen LogP contribution in [0.4, 0.5) is 0 Å². The molecule has 2 aliphatic rings. The van der Waals surface area contributed by atoms with E-state index >= 15 is 0 Å². The highest BCUT2D eigenvalue weighted by Crippen LogP contribution is 2.58. The van der Waals surface area contributed by atoms with Gasteiger partial charge in [0.1, 0.15) is 0 Å². The molecule has 0 heterocycles. The van der Waals surface area contributed by atoms with Crippen LogP contribution in [0.5, 0.6) is 0 Å². The molecule has 0 aromatic rings. The van der Waals surface area contributed by atoms with Crippen molar-refractivity contribution in [1.82, 2.24) is 0 Å². The van der Waals surface area contributed by atoms with E-state index in [-0.39, 0.29) is 0 Å². The Bertz CT molecular complexity index is 214. The summed E-state index contributed by atoms with van der Waals surface area (Å²) in [4.78, 5) is 0. The first-order chi connectivity index (χ1) is 5.26. The van der Waals surface area contributed by atoms with Crippen molar-refractivity contribution in [1.29, 1.82) is 0 Å². The van der Waals surface area contributed by atoms with E-state index in [0.29, 0.717) is 5.41 Å². The van der Waals surface area contributed by atoms with Crippen molar-refractivity contribution in [2.75, 3.05) is 0 Å². The van der Waals surface area contributed by atoms with E-state index in [9.17, 15) is 0 Å². The summed E-state index contributed by atoms with van der Waals surface area (Å²) >= 11 is 0. The van der Waals surface area contributed by atoms with Gasteiger partial charge in [-0.25, -0.2) is 0 Å². The van der Waals surface area contributed by atoms with E-state index in [1.54, 1.807) is 5.57 Å². The van der Waals surface area contributed by atoms with Gasteiger partial charge >= 0.3 is 0 Å². The second-order valence-electron chi connectivity index (χ2n) is 4.11. The zero-order chi connectivity index (χ0) is 7.90. The van der Waals surface area contributed by atoms with Crippen LogP contribution in [0.15, 0.2) is 23.8 Å². The van der Waals surface area contributed by atoms with Gasteiger partial charge in [0.05, 0.1) is 0 Å². The average molecular weight is 148 g/mol. The van der Waals surface area contributed by atoms with Gasteiger partial charge < -0.3 is 0 Å². The van der Waals surface area contributed by atoms with Crippen molar-refractivity contribution in [2.24, 2.45) is 11.3 Å². The Labute approximate surface area is 69.0 Å². The summed E-state index contributed by atoms with van der Waals surface area (Å²) in [5.41, 5.74) is 2.22. The van der Waals surface area contributed by atoms with Crippen molar-refractivity contribution < 1.29 is 0 Å². The van der Waals surface area contributed by atoms with Crippen LogP contribution in [-0.4, -0.2) is 0 Å². The fraction of sp³-hybridized carbons (Fsp3) is 0.636. The van der Waals surface area contributed by atoms with Crippen LogP contribution in [0.25, 0.3) is 0 Å². The monoisotopic (exact) mass is 148 g/mol. The maximum Gasteiger partial charge on any atom is -0.00265 e. The fourth-order valence-corrected chi connectivity index (χ4v) is 2.16. The number of hydrogen-bond donors (Lipinski definition) is 0. The van der Waals surface area contributed by atoms with Crippen molar-refractivity contribution in [3.8, 4) is 0 Å². The highest BCUT2D eigenvalue weighted by molar-refractivity contribution is 5.37. The predicted molar refractivity (Wildman–Crippen MR) is 48.3 cm³/mol. The van der Waals surface area contributed by atoms with Crippen molar-refractivity contribution >= 4 is 0 Å². The van der Waals surface area contributed by atoms with Crippen LogP contribution in [0, 0.1) is 11.3 Å². The van der Waals surface area contributed by atoms with Crippen LogP contribution in [0.3, 0.4) is 0 Å².